The van der Waals surface area contributed by atoms with Crippen molar-refractivity contribution in [1.82, 2.24) is 35.7 Å². The Hall–Kier alpha value is -6.52. The fraction of sp³-hybridized carbons (Fsp3) is 0.396. The minimum atomic E-state index is -0.652. The molecule has 1 aromatic heterocycles. The molecule has 16 heteroatoms. The van der Waals surface area contributed by atoms with Gasteiger partial charge in [-0.1, -0.05) is 53.8 Å². The number of imide groups is 1. The Kier molecular flexibility index (Phi) is 14.3. The molecular weight excluding hydrogens is 832 g/mol. The Morgan fingerprint density at radius 2 is 1.66 bits per heavy atom. The number of nitrogens with one attached hydrogen (secondary N) is 5. The number of ether oxygens (including phenoxy) is 1. The molecule has 1 atom stereocenters. The lowest BCUT2D eigenvalue weighted by Crippen LogP contribution is -2.52. The van der Waals surface area contributed by atoms with Gasteiger partial charge in [-0.05, 0) is 98.4 Å². The highest BCUT2D eigenvalue weighted by atomic mass is 35.5. The molecule has 3 aromatic carbocycles. The second-order valence-electron chi connectivity index (χ2n) is 16.5. The van der Waals surface area contributed by atoms with Gasteiger partial charge >= 0.3 is 6.03 Å². The van der Waals surface area contributed by atoms with Crippen LogP contribution in [0.1, 0.15) is 96.3 Å². The van der Waals surface area contributed by atoms with Crippen molar-refractivity contribution in [3.05, 3.63) is 106 Å². The van der Waals surface area contributed by atoms with Crippen molar-refractivity contribution in [2.75, 3.05) is 43.5 Å². The molecule has 15 nitrogen and oxygen atoms in total. The molecule has 1 aliphatic carbocycles. The molecule has 1 unspecified atom stereocenters. The maximum atomic E-state index is 13.2. The van der Waals surface area contributed by atoms with Gasteiger partial charge in [-0.25, -0.2) is 9.78 Å². The Balaban J connectivity index is 0.692. The number of benzene rings is 3. The number of halogens is 1. The van der Waals surface area contributed by atoms with Crippen molar-refractivity contribution in [3.63, 3.8) is 0 Å². The topological polar surface area (TPSA) is 194 Å². The first-order chi connectivity index (χ1) is 31.2. The fourth-order valence-electron chi connectivity index (χ4n) is 8.84. The summed E-state index contributed by atoms with van der Waals surface area (Å²) in [6.45, 7) is 3.53. The van der Waals surface area contributed by atoms with Crippen molar-refractivity contribution >= 4 is 58.5 Å². The molecule has 0 bridgehead atoms. The van der Waals surface area contributed by atoms with E-state index in [1.165, 1.54) is 11.8 Å². The van der Waals surface area contributed by atoms with Crippen LogP contribution in [0, 0.1) is 23.2 Å². The number of carbonyl (C=O) groups is 4. The number of hydrogen-bond donors (Lipinski definition) is 5. The van der Waals surface area contributed by atoms with E-state index in [0.717, 1.165) is 61.9 Å². The van der Waals surface area contributed by atoms with Crippen LogP contribution in [0.2, 0.25) is 5.02 Å². The molecule has 8 rings (SSSR count). The molecular formula is C48H51ClN10O5. The lowest BCUT2D eigenvalue weighted by atomic mass is 9.89. The summed E-state index contributed by atoms with van der Waals surface area (Å²) in [7, 11) is 0. The second-order valence-corrected chi connectivity index (χ2v) is 16.9. The van der Waals surface area contributed by atoms with E-state index in [0.29, 0.717) is 91.3 Å². The van der Waals surface area contributed by atoms with Crippen LogP contribution in [0.15, 0.2) is 72.9 Å². The van der Waals surface area contributed by atoms with E-state index in [9.17, 15) is 24.4 Å². The summed E-state index contributed by atoms with van der Waals surface area (Å²) >= 11 is 6.36. The smallest absolute Gasteiger partial charge is 0.317 e. The third-order valence-corrected chi connectivity index (χ3v) is 12.7. The van der Waals surface area contributed by atoms with Crippen LogP contribution in [-0.2, 0) is 20.9 Å². The summed E-state index contributed by atoms with van der Waals surface area (Å²) in [5, 5.41) is 25.4. The third-order valence-electron chi connectivity index (χ3n) is 12.4. The maximum Gasteiger partial charge on any atom is 0.317 e. The minimum Gasteiger partial charge on any atom is -0.379 e. The lowest BCUT2D eigenvalue weighted by Gasteiger charge is -2.35. The van der Waals surface area contributed by atoms with Crippen molar-refractivity contribution < 1.29 is 23.9 Å². The molecule has 5 amide bonds. The Bertz CT molecular complexity index is 2470. The van der Waals surface area contributed by atoms with Gasteiger partial charge in [-0.2, -0.15) is 10.2 Å². The number of hydrogen-bond acceptors (Lipinski definition) is 11. The standard InChI is InChI=1S/C48H51ClN10O5/c49-40-29-52-47(57-44(40)55-41-10-2-1-7-34(41)28-50)53-36-13-11-31(12-14-36)32-21-24-58(25-22-32)48(63)54-37-17-15-35(16-18-37)51-23-27-64-26-4-3-6-33-8-5-9-38-39(33)30-59(46(38)62)42-19-20-43(60)56-45(42)61/h1-2,5,7-14,29,32,35,37,42,51H,4,15-27,30H2,(H,54,63)(H,56,60,61)(H2,52,53,55,57)/t35-,37+,42?. The van der Waals surface area contributed by atoms with Crippen LogP contribution in [0.25, 0.3) is 0 Å². The van der Waals surface area contributed by atoms with E-state index < -0.39 is 11.9 Å². The van der Waals surface area contributed by atoms with Gasteiger partial charge in [0.15, 0.2) is 5.82 Å². The largest absolute Gasteiger partial charge is 0.379 e. The molecule has 4 heterocycles. The number of nitrogens with zero attached hydrogens (tertiary/aromatic N) is 5. The number of para-hydroxylation sites is 1. The summed E-state index contributed by atoms with van der Waals surface area (Å²) in [5.74, 6) is 6.55. The highest BCUT2D eigenvalue weighted by Crippen LogP contribution is 2.32. The summed E-state index contributed by atoms with van der Waals surface area (Å²) in [4.78, 5) is 62.6. The number of piperidine rings is 2. The molecule has 0 spiro atoms. The molecule has 330 valence electrons. The molecule has 2 saturated heterocycles. The number of anilines is 4. The molecule has 1 saturated carbocycles. The first kappa shape index (κ1) is 44.1. The number of rotatable bonds is 13. The van der Waals surface area contributed by atoms with Crippen LogP contribution in [0.4, 0.5) is 27.9 Å². The first-order valence-corrected chi connectivity index (χ1v) is 22.4. The molecule has 64 heavy (non-hydrogen) atoms. The maximum absolute atomic E-state index is 13.2. The van der Waals surface area contributed by atoms with Crippen LogP contribution in [0.5, 0.6) is 0 Å². The van der Waals surface area contributed by atoms with E-state index in [4.69, 9.17) is 16.3 Å². The molecule has 3 aliphatic heterocycles. The van der Waals surface area contributed by atoms with Gasteiger partial charge in [0.05, 0.1) is 30.7 Å². The Morgan fingerprint density at radius 1 is 0.891 bits per heavy atom. The van der Waals surface area contributed by atoms with Gasteiger partial charge < -0.3 is 35.8 Å². The number of aromatic nitrogens is 2. The molecule has 4 aliphatic rings. The third kappa shape index (κ3) is 10.8. The molecule has 3 fully saturated rings. The number of likely N-dealkylation sites (tertiary alicyclic amines) is 1. The SMILES string of the molecule is N#Cc1ccccc1Nc1nc(Nc2ccc(C3CCN(C(=O)N[C@H]4CC[C@@H](NCCOCCC#Cc5cccc6c5CN(C5CCC(=O)NC5=O)C6=O)CC4)CC3)cc2)ncc1Cl. The Morgan fingerprint density at radius 3 is 2.44 bits per heavy atom. The van der Waals surface area contributed by atoms with Gasteiger partial charge in [0.25, 0.3) is 5.91 Å². The Labute approximate surface area is 377 Å². The molecule has 5 N–H and O–H groups in total. The van der Waals surface area contributed by atoms with Gasteiger partial charge in [0.2, 0.25) is 17.8 Å². The van der Waals surface area contributed by atoms with Crippen LogP contribution >= 0.6 is 11.6 Å². The summed E-state index contributed by atoms with van der Waals surface area (Å²) in [5.41, 5.74) is 5.30. The average molecular weight is 883 g/mol. The fourth-order valence-corrected chi connectivity index (χ4v) is 8.98. The normalized spacial score (nSPS) is 19.8. The van der Waals surface area contributed by atoms with Crippen molar-refractivity contribution in [1.29, 1.82) is 5.26 Å². The van der Waals surface area contributed by atoms with E-state index in [2.05, 4.69) is 66.6 Å². The van der Waals surface area contributed by atoms with E-state index >= 15 is 0 Å². The predicted octanol–water partition coefficient (Wildman–Crippen LogP) is 6.50. The monoisotopic (exact) mass is 882 g/mol. The number of amides is 5. The summed E-state index contributed by atoms with van der Waals surface area (Å²) in [6, 6.07) is 22.9. The zero-order valence-electron chi connectivity index (χ0n) is 35.5. The van der Waals surface area contributed by atoms with Gasteiger partial charge in [-0.15, -0.1) is 0 Å². The van der Waals surface area contributed by atoms with E-state index in [1.54, 1.807) is 35.2 Å². The summed E-state index contributed by atoms with van der Waals surface area (Å²) in [6.07, 6.45) is 8.26. The van der Waals surface area contributed by atoms with Gasteiger partial charge in [0.1, 0.15) is 17.1 Å². The van der Waals surface area contributed by atoms with Crippen LogP contribution < -0.4 is 26.6 Å². The van der Waals surface area contributed by atoms with E-state index in [1.807, 2.05) is 29.2 Å². The number of nitriles is 1. The van der Waals surface area contributed by atoms with Gasteiger partial charge in [0, 0.05) is 67.9 Å². The van der Waals surface area contributed by atoms with Gasteiger partial charge in [-0.3, -0.25) is 19.7 Å². The number of fused-ring (bicyclic) bond motifs is 1. The highest BCUT2D eigenvalue weighted by molar-refractivity contribution is 6.33. The zero-order valence-corrected chi connectivity index (χ0v) is 36.3. The lowest BCUT2D eigenvalue weighted by molar-refractivity contribution is -0.136. The zero-order chi connectivity index (χ0) is 44.4. The van der Waals surface area contributed by atoms with E-state index in [-0.39, 0.29) is 30.3 Å². The minimum absolute atomic E-state index is 0.0261. The molecule has 4 aromatic rings. The van der Waals surface area contributed by atoms with Crippen LogP contribution in [-0.4, -0.2) is 94.5 Å². The average Bonchev–Trinajstić information content (AvgIpc) is 3.65. The van der Waals surface area contributed by atoms with Crippen molar-refractivity contribution in [2.24, 2.45) is 0 Å². The van der Waals surface area contributed by atoms with Crippen molar-refractivity contribution in [3.8, 4) is 17.9 Å². The summed E-state index contributed by atoms with van der Waals surface area (Å²) < 4.78 is 5.84. The predicted molar refractivity (Wildman–Crippen MR) is 242 cm³/mol. The number of urea groups is 1. The van der Waals surface area contributed by atoms with Crippen molar-refractivity contribution in [2.45, 2.75) is 88.4 Å². The molecule has 0 radical (unpaired) electrons. The second kappa shape index (κ2) is 20.8. The number of carbonyl (C=O) groups excluding carboxylic acids is 4. The highest BCUT2D eigenvalue weighted by Gasteiger charge is 2.39. The quantitative estimate of drug-likeness (QED) is 0.0560. The van der Waals surface area contributed by atoms with Crippen LogP contribution in [0.3, 0.4) is 0 Å². The first-order valence-electron chi connectivity index (χ1n) is 22.0.